The van der Waals surface area contributed by atoms with E-state index in [9.17, 15) is 9.59 Å². The third-order valence-electron chi connectivity index (χ3n) is 1.85. The third-order valence-corrected chi connectivity index (χ3v) is 2.83. The Balaban J connectivity index is 2.64. The number of rotatable bonds is 5. The molecule has 0 saturated carbocycles. The Kier molecular flexibility index (Phi) is 4.91. The van der Waals surface area contributed by atoms with Crippen molar-refractivity contribution in [2.24, 2.45) is 0 Å². The summed E-state index contributed by atoms with van der Waals surface area (Å²) in [5.41, 5.74) is 0.615. The van der Waals surface area contributed by atoms with Gasteiger partial charge in [-0.1, -0.05) is 11.8 Å². The summed E-state index contributed by atoms with van der Waals surface area (Å²) in [6.45, 7) is 2.07. The van der Waals surface area contributed by atoms with E-state index in [2.05, 4.69) is 0 Å². The van der Waals surface area contributed by atoms with E-state index in [0.717, 1.165) is 11.8 Å². The van der Waals surface area contributed by atoms with Gasteiger partial charge in [0.2, 0.25) is 0 Å². The smallest absolute Gasteiger partial charge is 0.189 e. The molecular weight excluding hydrogens is 234 g/mol. The molecule has 1 aromatic heterocycles. The topological polar surface area (TPSA) is 39.1 Å². The summed E-state index contributed by atoms with van der Waals surface area (Å²) in [6, 6.07) is 3.55. The summed E-state index contributed by atoms with van der Waals surface area (Å²) in [6.07, 6.45) is 1.81. The third kappa shape index (κ3) is 3.72. The summed E-state index contributed by atoms with van der Waals surface area (Å²) in [5.74, 6) is 0.626. The van der Waals surface area contributed by atoms with Gasteiger partial charge in [0.1, 0.15) is 0 Å². The average Bonchev–Trinajstić information content (AvgIpc) is 2.63. The van der Waals surface area contributed by atoms with Crippen LogP contribution in [0.25, 0.3) is 0 Å². The SMILES string of the molecule is CC(=O)SCC(=O)c1cccn1CCCl. The highest BCUT2D eigenvalue weighted by atomic mass is 35.5. The number of carbonyl (C=O) groups excluding carboxylic acids is 2. The fourth-order valence-electron chi connectivity index (χ4n) is 1.19. The van der Waals surface area contributed by atoms with Gasteiger partial charge in [-0.3, -0.25) is 9.59 Å². The van der Waals surface area contributed by atoms with Gasteiger partial charge in [0.05, 0.1) is 11.4 Å². The van der Waals surface area contributed by atoms with Crippen LogP contribution in [-0.2, 0) is 11.3 Å². The summed E-state index contributed by atoms with van der Waals surface area (Å²) in [5, 5.41) is -0.0428. The molecule has 3 nitrogen and oxygen atoms in total. The molecule has 0 aromatic carbocycles. The summed E-state index contributed by atoms with van der Waals surface area (Å²) in [4.78, 5) is 22.4. The van der Waals surface area contributed by atoms with Crippen molar-refractivity contribution >= 4 is 34.3 Å². The molecule has 5 heteroatoms. The van der Waals surface area contributed by atoms with Crippen molar-refractivity contribution in [3.05, 3.63) is 24.0 Å². The van der Waals surface area contributed by atoms with Crippen molar-refractivity contribution < 1.29 is 9.59 Å². The molecule has 0 aliphatic carbocycles. The minimum atomic E-state index is -0.0428. The highest BCUT2D eigenvalue weighted by Crippen LogP contribution is 2.09. The van der Waals surface area contributed by atoms with E-state index in [-0.39, 0.29) is 16.7 Å². The molecular formula is C10H12ClNO2S. The lowest BCUT2D eigenvalue weighted by molar-refractivity contribution is -0.109. The van der Waals surface area contributed by atoms with Crippen LogP contribution in [0.5, 0.6) is 0 Å². The van der Waals surface area contributed by atoms with Gasteiger partial charge in [0.15, 0.2) is 10.9 Å². The fraction of sp³-hybridized carbons (Fsp3) is 0.400. The van der Waals surface area contributed by atoms with Gasteiger partial charge in [-0.25, -0.2) is 0 Å². The zero-order valence-corrected chi connectivity index (χ0v) is 9.98. The lowest BCUT2D eigenvalue weighted by Crippen LogP contribution is -2.12. The number of Topliss-reactive ketones (excluding diaryl/α,β-unsaturated/α-hetero) is 1. The second kappa shape index (κ2) is 5.98. The number of carbonyl (C=O) groups is 2. The number of nitrogens with zero attached hydrogens (tertiary/aromatic N) is 1. The highest BCUT2D eigenvalue weighted by molar-refractivity contribution is 8.14. The molecule has 82 valence electrons. The second-order valence-electron chi connectivity index (χ2n) is 2.98. The molecule has 0 N–H and O–H groups in total. The number of alkyl halides is 1. The Bertz CT molecular complexity index is 362. The van der Waals surface area contributed by atoms with Crippen LogP contribution in [0.2, 0.25) is 0 Å². The van der Waals surface area contributed by atoms with Crippen LogP contribution in [0, 0.1) is 0 Å². The van der Waals surface area contributed by atoms with Crippen LogP contribution in [0.1, 0.15) is 17.4 Å². The maximum Gasteiger partial charge on any atom is 0.189 e. The van der Waals surface area contributed by atoms with Crippen LogP contribution < -0.4 is 0 Å². The minimum absolute atomic E-state index is 0.0367. The van der Waals surface area contributed by atoms with Gasteiger partial charge >= 0.3 is 0 Å². The Morgan fingerprint density at radius 1 is 1.53 bits per heavy atom. The van der Waals surface area contributed by atoms with Crippen molar-refractivity contribution in [2.75, 3.05) is 11.6 Å². The molecule has 0 amide bonds. The Morgan fingerprint density at radius 2 is 2.27 bits per heavy atom. The predicted molar refractivity (Wildman–Crippen MR) is 62.6 cm³/mol. The van der Waals surface area contributed by atoms with Crippen molar-refractivity contribution in [3.63, 3.8) is 0 Å². The van der Waals surface area contributed by atoms with Crippen LogP contribution in [-0.4, -0.2) is 27.1 Å². The van der Waals surface area contributed by atoms with E-state index in [0.29, 0.717) is 18.1 Å². The van der Waals surface area contributed by atoms with Crippen molar-refractivity contribution in [2.45, 2.75) is 13.5 Å². The zero-order chi connectivity index (χ0) is 11.3. The molecule has 0 saturated heterocycles. The Morgan fingerprint density at radius 3 is 2.87 bits per heavy atom. The number of thioether (sulfide) groups is 1. The van der Waals surface area contributed by atoms with E-state index >= 15 is 0 Å². The highest BCUT2D eigenvalue weighted by Gasteiger charge is 2.11. The van der Waals surface area contributed by atoms with E-state index < -0.39 is 0 Å². The van der Waals surface area contributed by atoms with Crippen LogP contribution >= 0.6 is 23.4 Å². The maximum absolute atomic E-state index is 11.7. The largest absolute Gasteiger partial charge is 0.344 e. The predicted octanol–water partition coefficient (Wildman–Crippen LogP) is 2.19. The first kappa shape index (κ1) is 12.3. The van der Waals surface area contributed by atoms with E-state index in [1.54, 1.807) is 16.7 Å². The first-order valence-electron chi connectivity index (χ1n) is 4.53. The van der Waals surface area contributed by atoms with Gasteiger partial charge < -0.3 is 4.57 Å². The summed E-state index contributed by atoms with van der Waals surface area (Å²) < 4.78 is 1.80. The van der Waals surface area contributed by atoms with Crippen molar-refractivity contribution in [1.82, 2.24) is 4.57 Å². The van der Waals surface area contributed by atoms with Crippen molar-refractivity contribution in [1.29, 1.82) is 0 Å². The molecule has 0 aliphatic heterocycles. The summed E-state index contributed by atoms with van der Waals surface area (Å²) in [7, 11) is 0. The Hall–Kier alpha value is -0.740. The summed E-state index contributed by atoms with van der Waals surface area (Å²) >= 11 is 6.64. The van der Waals surface area contributed by atoms with Gasteiger partial charge in [0.25, 0.3) is 0 Å². The van der Waals surface area contributed by atoms with Gasteiger partial charge in [-0.2, -0.15) is 0 Å². The van der Waals surface area contributed by atoms with E-state index in [4.69, 9.17) is 11.6 Å². The maximum atomic E-state index is 11.7. The molecule has 0 unspecified atom stereocenters. The minimum Gasteiger partial charge on any atom is -0.344 e. The first-order valence-corrected chi connectivity index (χ1v) is 6.05. The molecule has 1 aromatic rings. The van der Waals surface area contributed by atoms with Crippen molar-refractivity contribution in [3.8, 4) is 0 Å². The standard InChI is InChI=1S/C10H12ClNO2S/c1-8(13)15-7-10(14)9-3-2-5-12(9)6-4-11/h2-3,5H,4,6-7H2,1H3. The first-order chi connectivity index (χ1) is 7.15. The number of hydrogen-bond donors (Lipinski definition) is 0. The molecule has 0 bridgehead atoms. The molecule has 1 rings (SSSR count). The molecule has 0 fully saturated rings. The molecule has 0 atom stereocenters. The van der Waals surface area contributed by atoms with Crippen LogP contribution in [0.4, 0.5) is 0 Å². The molecule has 0 radical (unpaired) electrons. The normalized spacial score (nSPS) is 10.3. The van der Waals surface area contributed by atoms with E-state index in [1.165, 1.54) is 6.92 Å². The molecule has 15 heavy (non-hydrogen) atoms. The van der Waals surface area contributed by atoms with Gasteiger partial charge in [-0.05, 0) is 12.1 Å². The number of ketones is 1. The van der Waals surface area contributed by atoms with Gasteiger partial charge in [-0.15, -0.1) is 11.6 Å². The second-order valence-corrected chi connectivity index (χ2v) is 4.51. The quantitative estimate of drug-likeness (QED) is 0.590. The number of hydrogen-bond acceptors (Lipinski definition) is 3. The number of aryl methyl sites for hydroxylation is 1. The number of aromatic nitrogens is 1. The average molecular weight is 246 g/mol. The van der Waals surface area contributed by atoms with E-state index in [1.807, 2.05) is 6.20 Å². The molecule has 0 spiro atoms. The van der Waals surface area contributed by atoms with Gasteiger partial charge in [0, 0.05) is 25.5 Å². The number of halogens is 1. The Labute approximate surface area is 97.8 Å². The molecule has 1 heterocycles. The molecule has 0 aliphatic rings. The lowest BCUT2D eigenvalue weighted by Gasteiger charge is -2.05. The zero-order valence-electron chi connectivity index (χ0n) is 8.40. The van der Waals surface area contributed by atoms with Crippen LogP contribution in [0.15, 0.2) is 18.3 Å². The lowest BCUT2D eigenvalue weighted by atomic mass is 10.3. The monoisotopic (exact) mass is 245 g/mol. The fourth-order valence-corrected chi connectivity index (χ4v) is 1.86. The van der Waals surface area contributed by atoms with Crippen LogP contribution in [0.3, 0.4) is 0 Å².